The molecule has 0 aromatic heterocycles. The van der Waals surface area contributed by atoms with Gasteiger partial charge in [-0.1, -0.05) is 6.92 Å². The van der Waals surface area contributed by atoms with E-state index in [4.69, 9.17) is 0 Å². The summed E-state index contributed by atoms with van der Waals surface area (Å²) in [6, 6.07) is 0.763. The van der Waals surface area contributed by atoms with E-state index in [2.05, 4.69) is 5.32 Å². The van der Waals surface area contributed by atoms with E-state index in [-0.39, 0.29) is 29.3 Å². The number of halogens is 3. The third-order valence-corrected chi connectivity index (χ3v) is 6.66. The normalized spacial score (nSPS) is 27.7. The number of aliphatic hydroxyl groups excluding tert-OH is 2. The fraction of sp³-hybridized carbons (Fsp3) is 0.455. The van der Waals surface area contributed by atoms with E-state index in [9.17, 15) is 33.0 Å². The standard InChI is InChI=1S/C22H24F3N3O4/c1-10-3-4-13-8-27(11(10)2)22(32)18-20(30)19(29)15(9-28(13)18)21(31)26-7-14-16(24)5-12(23)6-17(14)25/h5-6,9-11,13,19,29-30H,3-4,7-8H2,1-2H3,(H,26,31)/t10-,11+,13+,19?/m1/s1. The SMILES string of the molecule is C[C@@H]1CC[C@H]2CN(C(=O)C3=C(O)C(O)C(C(=O)NCc4c(F)cc(F)cc4F)=CN32)[C@H]1C. The van der Waals surface area contributed by atoms with Crippen LogP contribution in [0, 0.1) is 23.4 Å². The van der Waals surface area contributed by atoms with Gasteiger partial charge < -0.3 is 25.3 Å². The summed E-state index contributed by atoms with van der Waals surface area (Å²) < 4.78 is 40.8. The summed E-state index contributed by atoms with van der Waals surface area (Å²) in [5.74, 6) is -5.10. The van der Waals surface area contributed by atoms with Crippen molar-refractivity contribution in [3.63, 3.8) is 0 Å². The van der Waals surface area contributed by atoms with Crippen LogP contribution < -0.4 is 5.32 Å². The van der Waals surface area contributed by atoms with Crippen molar-refractivity contribution in [2.45, 2.75) is 51.4 Å². The number of rotatable bonds is 3. The van der Waals surface area contributed by atoms with Crippen LogP contribution in [0.3, 0.4) is 0 Å². The molecule has 1 aromatic rings. The lowest BCUT2D eigenvalue weighted by atomic mass is 9.96. The molecule has 0 aliphatic carbocycles. The first kappa shape index (κ1) is 22.2. The minimum atomic E-state index is -1.78. The van der Waals surface area contributed by atoms with Gasteiger partial charge in [-0.25, -0.2) is 13.2 Å². The Kier molecular flexibility index (Phi) is 5.66. The van der Waals surface area contributed by atoms with Crippen molar-refractivity contribution >= 4 is 11.8 Å². The maximum atomic E-state index is 13.9. The van der Waals surface area contributed by atoms with Crippen molar-refractivity contribution in [3.8, 4) is 0 Å². The second-order valence-corrected chi connectivity index (χ2v) is 8.57. The highest BCUT2D eigenvalue weighted by molar-refractivity contribution is 5.99. The van der Waals surface area contributed by atoms with Crippen LogP contribution in [0.15, 0.2) is 35.4 Å². The largest absolute Gasteiger partial charge is 0.507 e. The lowest BCUT2D eigenvalue weighted by molar-refractivity contribution is -0.136. The molecule has 3 aliphatic rings. The van der Waals surface area contributed by atoms with Gasteiger partial charge in [0.05, 0.1) is 11.6 Å². The molecule has 172 valence electrons. The van der Waals surface area contributed by atoms with Gasteiger partial charge in [-0.05, 0) is 25.7 Å². The molecule has 0 saturated carbocycles. The molecule has 10 heteroatoms. The van der Waals surface area contributed by atoms with Crippen LogP contribution in [0.25, 0.3) is 0 Å². The number of fused-ring (bicyclic) bond motifs is 4. The highest BCUT2D eigenvalue weighted by atomic mass is 19.1. The van der Waals surface area contributed by atoms with Crippen molar-refractivity contribution in [1.29, 1.82) is 0 Å². The Labute approximate surface area is 182 Å². The summed E-state index contributed by atoms with van der Waals surface area (Å²) in [6.07, 6.45) is 1.08. The Morgan fingerprint density at radius 2 is 1.84 bits per heavy atom. The molecular formula is C22H24F3N3O4. The van der Waals surface area contributed by atoms with Gasteiger partial charge in [-0.15, -0.1) is 0 Å². The van der Waals surface area contributed by atoms with E-state index >= 15 is 0 Å². The van der Waals surface area contributed by atoms with E-state index in [1.54, 1.807) is 4.90 Å². The number of nitrogens with one attached hydrogen (secondary N) is 1. The number of aliphatic hydroxyl groups is 2. The fourth-order valence-electron chi connectivity index (χ4n) is 4.52. The van der Waals surface area contributed by atoms with Gasteiger partial charge in [0.1, 0.15) is 29.3 Å². The predicted molar refractivity (Wildman–Crippen MR) is 107 cm³/mol. The average Bonchev–Trinajstić information content (AvgIpc) is 2.85. The maximum absolute atomic E-state index is 13.9. The second-order valence-electron chi connectivity index (χ2n) is 8.57. The zero-order valence-corrected chi connectivity index (χ0v) is 17.6. The Bertz CT molecular complexity index is 1020. The molecule has 3 N–H and O–H groups in total. The van der Waals surface area contributed by atoms with Crippen LogP contribution in [0.2, 0.25) is 0 Å². The summed E-state index contributed by atoms with van der Waals surface area (Å²) in [6.45, 7) is 3.81. The molecule has 0 spiro atoms. The monoisotopic (exact) mass is 451 g/mol. The Balaban J connectivity index is 1.59. The Hall–Kier alpha value is -3.01. The minimum absolute atomic E-state index is 0.0405. The maximum Gasteiger partial charge on any atom is 0.274 e. The lowest BCUT2D eigenvalue weighted by Gasteiger charge is -2.45. The molecule has 2 saturated heterocycles. The highest BCUT2D eigenvalue weighted by Crippen LogP contribution is 2.37. The number of hydrogen-bond donors (Lipinski definition) is 3. The number of hydrogen-bond acceptors (Lipinski definition) is 5. The molecule has 7 nitrogen and oxygen atoms in total. The van der Waals surface area contributed by atoms with Crippen LogP contribution in [0.4, 0.5) is 13.2 Å². The molecule has 4 atom stereocenters. The third kappa shape index (κ3) is 3.62. The summed E-state index contributed by atoms with van der Waals surface area (Å²) in [5, 5.41) is 23.4. The van der Waals surface area contributed by atoms with E-state index in [1.165, 1.54) is 11.1 Å². The van der Waals surface area contributed by atoms with Crippen molar-refractivity contribution in [2.75, 3.05) is 6.54 Å². The molecule has 2 fully saturated rings. The van der Waals surface area contributed by atoms with Crippen LogP contribution in [0.5, 0.6) is 0 Å². The molecule has 32 heavy (non-hydrogen) atoms. The molecular weight excluding hydrogens is 427 g/mol. The first-order valence-electron chi connectivity index (χ1n) is 10.4. The molecule has 3 heterocycles. The van der Waals surface area contributed by atoms with Gasteiger partial charge >= 0.3 is 0 Å². The molecule has 4 rings (SSSR count). The summed E-state index contributed by atoms with van der Waals surface area (Å²) in [4.78, 5) is 28.9. The average molecular weight is 451 g/mol. The van der Waals surface area contributed by atoms with Crippen LogP contribution in [-0.4, -0.2) is 56.6 Å². The first-order chi connectivity index (χ1) is 15.1. The fourth-order valence-corrected chi connectivity index (χ4v) is 4.52. The van der Waals surface area contributed by atoms with Crippen LogP contribution in [-0.2, 0) is 16.1 Å². The smallest absolute Gasteiger partial charge is 0.274 e. The van der Waals surface area contributed by atoms with E-state index < -0.39 is 53.2 Å². The third-order valence-electron chi connectivity index (χ3n) is 6.66. The van der Waals surface area contributed by atoms with Gasteiger partial charge in [0, 0.05) is 43.0 Å². The number of carbonyl (C=O) groups is 2. The van der Waals surface area contributed by atoms with Gasteiger partial charge in [0.15, 0.2) is 5.76 Å². The van der Waals surface area contributed by atoms with Gasteiger partial charge in [0.25, 0.3) is 11.8 Å². The first-order valence-corrected chi connectivity index (χ1v) is 10.4. The van der Waals surface area contributed by atoms with Crippen molar-refractivity contribution in [3.05, 3.63) is 58.4 Å². The molecule has 2 bridgehead atoms. The van der Waals surface area contributed by atoms with E-state index in [0.29, 0.717) is 25.1 Å². The molecule has 0 radical (unpaired) electrons. The summed E-state index contributed by atoms with van der Waals surface area (Å²) in [7, 11) is 0. The van der Waals surface area contributed by atoms with Crippen LogP contribution >= 0.6 is 0 Å². The number of benzene rings is 1. The quantitative estimate of drug-likeness (QED) is 0.655. The van der Waals surface area contributed by atoms with E-state index in [1.807, 2.05) is 13.8 Å². The minimum Gasteiger partial charge on any atom is -0.507 e. The Morgan fingerprint density at radius 1 is 1.19 bits per heavy atom. The summed E-state index contributed by atoms with van der Waals surface area (Å²) >= 11 is 0. The molecule has 1 aromatic carbocycles. The van der Waals surface area contributed by atoms with Gasteiger partial charge in [-0.2, -0.15) is 0 Å². The van der Waals surface area contributed by atoms with Crippen molar-refractivity contribution in [1.82, 2.24) is 15.1 Å². The molecule has 1 unspecified atom stereocenters. The zero-order valence-electron chi connectivity index (χ0n) is 17.6. The van der Waals surface area contributed by atoms with Crippen molar-refractivity contribution < 1.29 is 33.0 Å². The second kappa shape index (κ2) is 8.16. The summed E-state index contributed by atoms with van der Waals surface area (Å²) in [5.41, 5.74) is -0.871. The highest BCUT2D eigenvalue weighted by Gasteiger charge is 2.46. The number of nitrogens with zero attached hydrogens (tertiary/aromatic N) is 2. The van der Waals surface area contributed by atoms with Crippen molar-refractivity contribution in [2.24, 2.45) is 5.92 Å². The predicted octanol–water partition coefficient (Wildman–Crippen LogP) is 2.08. The van der Waals surface area contributed by atoms with Crippen LogP contribution in [0.1, 0.15) is 32.3 Å². The lowest BCUT2D eigenvalue weighted by Crippen LogP contribution is -2.57. The van der Waals surface area contributed by atoms with Gasteiger partial charge in [-0.3, -0.25) is 9.59 Å². The Morgan fingerprint density at radius 3 is 2.50 bits per heavy atom. The van der Waals surface area contributed by atoms with E-state index in [0.717, 1.165) is 6.42 Å². The molecule has 3 aliphatic heterocycles. The number of amides is 2. The number of carbonyl (C=O) groups excluding carboxylic acids is 2. The van der Waals surface area contributed by atoms with Gasteiger partial charge in [0.2, 0.25) is 0 Å². The topological polar surface area (TPSA) is 93.1 Å². The number of piperazine rings is 1. The molecule has 2 amide bonds. The zero-order chi connectivity index (χ0) is 23.3.